The van der Waals surface area contributed by atoms with E-state index < -0.39 is 6.98 Å². The van der Waals surface area contributed by atoms with Crippen LogP contribution in [0.3, 0.4) is 0 Å². The summed E-state index contributed by atoms with van der Waals surface area (Å²) in [5.41, 5.74) is 0.0673. The maximum absolute atomic E-state index is 12.2. The fourth-order valence-electron chi connectivity index (χ4n) is 1.89. The first-order valence-corrected chi connectivity index (χ1v) is 4.41. The molecule has 1 saturated carbocycles. The normalized spacial score (nSPS) is 25.0. The molecule has 5 heteroatoms. The van der Waals surface area contributed by atoms with Crippen LogP contribution in [0.2, 0.25) is 0 Å². The minimum Gasteiger partial charge on any atom is -0.445 e. The Bertz CT molecular complexity index is 230. The molecule has 13 heavy (non-hydrogen) atoms. The zero-order valence-corrected chi connectivity index (χ0v) is 10.9. The number of allylic oxidation sites excluding steroid dienone is 2. The van der Waals surface area contributed by atoms with E-state index in [0.717, 1.165) is 19.3 Å². The maximum atomic E-state index is 12.2. The molecule has 0 atom stereocenters. The van der Waals surface area contributed by atoms with Crippen molar-refractivity contribution in [3.63, 3.8) is 0 Å². The van der Waals surface area contributed by atoms with Crippen molar-refractivity contribution < 1.29 is 64.3 Å². The number of hydrogen-bond donors (Lipinski definition) is 0. The van der Waals surface area contributed by atoms with Crippen molar-refractivity contribution in [3.05, 3.63) is 11.5 Å². The van der Waals surface area contributed by atoms with Gasteiger partial charge < -0.3 is 12.9 Å². The van der Waals surface area contributed by atoms with Gasteiger partial charge in [-0.05, 0) is 31.1 Å². The first-order valence-electron chi connectivity index (χ1n) is 4.41. The average molecular weight is 214 g/mol. The van der Waals surface area contributed by atoms with Crippen molar-refractivity contribution in [2.75, 3.05) is 0 Å². The summed E-state index contributed by atoms with van der Waals surface area (Å²) in [6.45, 7) is -4.68. The van der Waals surface area contributed by atoms with Gasteiger partial charge in [0.1, 0.15) is 0 Å². The van der Waals surface area contributed by atoms with Crippen LogP contribution in [0.1, 0.15) is 32.1 Å². The third kappa shape index (κ3) is 2.84. The Morgan fingerprint density at radius 1 is 1.15 bits per heavy atom. The van der Waals surface area contributed by atoms with Gasteiger partial charge in [-0.15, -0.1) is 11.5 Å². The maximum Gasteiger partial charge on any atom is 1.00 e. The van der Waals surface area contributed by atoms with Gasteiger partial charge in [-0.2, -0.15) is 0 Å². The van der Waals surface area contributed by atoms with Crippen LogP contribution in [0.4, 0.5) is 12.9 Å². The zero-order valence-electron chi connectivity index (χ0n) is 7.82. The second kappa shape index (κ2) is 4.01. The van der Waals surface area contributed by atoms with Gasteiger partial charge >= 0.3 is 58.4 Å². The van der Waals surface area contributed by atoms with Gasteiger partial charge in [0.25, 0.3) is 0 Å². The molecule has 1 spiro atoms. The first-order chi connectivity index (χ1) is 5.52. The van der Waals surface area contributed by atoms with E-state index in [-0.39, 0.29) is 63.3 Å². The molecule has 0 nitrogen and oxygen atoms in total. The SMILES string of the molecule is F[B-](F)(F)C1=CCC2(CC1)CC2.[K+]. The van der Waals surface area contributed by atoms with E-state index in [0.29, 0.717) is 11.8 Å². The monoisotopic (exact) mass is 214 g/mol. The summed E-state index contributed by atoms with van der Waals surface area (Å²) in [6, 6.07) is 0. The number of rotatable bonds is 1. The molecule has 2 aliphatic rings. The van der Waals surface area contributed by atoms with Crippen molar-refractivity contribution in [1.82, 2.24) is 0 Å². The van der Waals surface area contributed by atoms with Crippen LogP contribution in [-0.4, -0.2) is 6.98 Å². The summed E-state index contributed by atoms with van der Waals surface area (Å²) in [7, 11) is 0. The van der Waals surface area contributed by atoms with Crippen molar-refractivity contribution >= 4 is 6.98 Å². The van der Waals surface area contributed by atoms with Crippen molar-refractivity contribution in [2.45, 2.75) is 32.1 Å². The standard InChI is InChI=1S/C8H11BF3.K/c10-9(11,12)7-1-3-8(4-2-7)5-6-8;/h1H,2-6H2;/q-1;+1. The molecule has 0 radical (unpaired) electrons. The topological polar surface area (TPSA) is 0 Å². The van der Waals surface area contributed by atoms with Crippen LogP contribution >= 0.6 is 0 Å². The van der Waals surface area contributed by atoms with Gasteiger partial charge in [0.15, 0.2) is 0 Å². The molecule has 0 N–H and O–H groups in total. The van der Waals surface area contributed by atoms with Crippen LogP contribution in [0.25, 0.3) is 0 Å². The Morgan fingerprint density at radius 2 is 1.77 bits per heavy atom. The van der Waals surface area contributed by atoms with Crippen LogP contribution in [0.15, 0.2) is 11.5 Å². The van der Waals surface area contributed by atoms with Gasteiger partial charge in [-0.3, -0.25) is 0 Å². The van der Waals surface area contributed by atoms with Gasteiger partial charge in [0.2, 0.25) is 0 Å². The molecule has 1 fully saturated rings. The van der Waals surface area contributed by atoms with E-state index >= 15 is 0 Å². The molecular weight excluding hydrogens is 203 g/mol. The summed E-state index contributed by atoms with van der Waals surface area (Å²) in [5, 5.41) is 0. The van der Waals surface area contributed by atoms with Gasteiger partial charge in [0.05, 0.1) is 0 Å². The van der Waals surface area contributed by atoms with Crippen LogP contribution in [0, 0.1) is 5.41 Å². The first kappa shape index (κ1) is 12.3. The summed E-state index contributed by atoms with van der Waals surface area (Å²) >= 11 is 0. The summed E-state index contributed by atoms with van der Waals surface area (Å²) in [4.78, 5) is 0. The second-order valence-electron chi connectivity index (χ2n) is 4.06. The average Bonchev–Trinajstić information content (AvgIpc) is 2.68. The Balaban J connectivity index is 0.000000845. The van der Waals surface area contributed by atoms with Crippen LogP contribution in [0.5, 0.6) is 0 Å². The molecule has 0 aromatic heterocycles. The molecule has 0 aromatic carbocycles. The molecule has 2 aliphatic carbocycles. The fourth-order valence-corrected chi connectivity index (χ4v) is 1.89. The number of hydrogen-bond acceptors (Lipinski definition) is 0. The molecule has 0 amide bonds. The Kier molecular flexibility index (Phi) is 3.79. The molecular formula is C8H11BF3K. The summed E-state index contributed by atoms with van der Waals surface area (Å²) in [5.74, 6) is 0. The summed E-state index contributed by atoms with van der Waals surface area (Å²) < 4.78 is 36.6. The van der Waals surface area contributed by atoms with E-state index in [4.69, 9.17) is 0 Å². The van der Waals surface area contributed by atoms with Crippen molar-refractivity contribution in [3.8, 4) is 0 Å². The molecule has 0 saturated heterocycles. The minimum absolute atomic E-state index is 0. The van der Waals surface area contributed by atoms with E-state index in [2.05, 4.69) is 0 Å². The molecule has 0 heterocycles. The molecule has 0 aliphatic heterocycles. The third-order valence-electron chi connectivity index (χ3n) is 3.12. The minimum atomic E-state index is -4.68. The summed E-state index contributed by atoms with van der Waals surface area (Å²) in [6.07, 6.45) is 5.41. The van der Waals surface area contributed by atoms with Crippen LogP contribution in [-0.2, 0) is 0 Å². The van der Waals surface area contributed by atoms with E-state index in [9.17, 15) is 12.9 Å². The third-order valence-corrected chi connectivity index (χ3v) is 3.12. The van der Waals surface area contributed by atoms with Gasteiger partial charge in [0, 0.05) is 0 Å². The van der Waals surface area contributed by atoms with E-state index in [1.807, 2.05) is 0 Å². The fraction of sp³-hybridized carbons (Fsp3) is 0.750. The number of halogens is 3. The predicted molar refractivity (Wildman–Crippen MR) is 42.7 cm³/mol. The van der Waals surface area contributed by atoms with Crippen LogP contribution < -0.4 is 51.4 Å². The molecule has 0 unspecified atom stereocenters. The van der Waals surface area contributed by atoms with Gasteiger partial charge in [-0.25, -0.2) is 0 Å². The Hall–Kier alpha value is 1.23. The molecule has 0 bridgehead atoms. The van der Waals surface area contributed by atoms with Gasteiger partial charge in [-0.1, -0.05) is 6.42 Å². The molecule has 2 rings (SSSR count). The van der Waals surface area contributed by atoms with E-state index in [1.54, 1.807) is 0 Å². The zero-order chi connectivity index (χ0) is 8.82. The van der Waals surface area contributed by atoms with Crippen molar-refractivity contribution in [2.24, 2.45) is 5.41 Å². The van der Waals surface area contributed by atoms with Crippen molar-refractivity contribution in [1.29, 1.82) is 0 Å². The Morgan fingerprint density at radius 3 is 2.08 bits per heavy atom. The molecule has 68 valence electrons. The predicted octanol–water partition coefficient (Wildman–Crippen LogP) is 0.267. The second-order valence-corrected chi connectivity index (χ2v) is 4.06. The largest absolute Gasteiger partial charge is 1.00 e. The Labute approximate surface area is 119 Å². The smallest absolute Gasteiger partial charge is 0.445 e. The molecule has 0 aromatic rings. The van der Waals surface area contributed by atoms with E-state index in [1.165, 1.54) is 6.08 Å². The quantitative estimate of drug-likeness (QED) is 0.549.